The predicted octanol–water partition coefficient (Wildman–Crippen LogP) is -3.25. The van der Waals surface area contributed by atoms with Gasteiger partial charge >= 0.3 is 29.6 Å². The number of carbonyl (C=O) groups is 1. The van der Waals surface area contributed by atoms with Gasteiger partial charge in [0, 0.05) is 12.4 Å². The fourth-order valence-corrected chi connectivity index (χ4v) is 1.36. The zero-order valence-electron chi connectivity index (χ0n) is 8.49. The van der Waals surface area contributed by atoms with Crippen LogP contribution in [0.4, 0.5) is 0 Å². The van der Waals surface area contributed by atoms with Crippen LogP contribution in [-0.2, 0) is 11.2 Å². The van der Waals surface area contributed by atoms with Gasteiger partial charge in [-0.15, -0.1) is 0 Å². The minimum Gasteiger partial charge on any atom is -0.550 e. The molecule has 15 heavy (non-hydrogen) atoms. The molecule has 0 radical (unpaired) electrons. The molecule has 1 aliphatic heterocycles. The van der Waals surface area contributed by atoms with E-state index in [1.165, 1.54) is 0 Å². The number of carboxylic acids is 1. The van der Waals surface area contributed by atoms with E-state index in [1.807, 2.05) is 0 Å². The molecule has 0 atom stereocenters. The first-order chi connectivity index (χ1) is 6.75. The van der Waals surface area contributed by atoms with Gasteiger partial charge in [-0.1, -0.05) is 6.07 Å². The Morgan fingerprint density at radius 3 is 2.60 bits per heavy atom. The zero-order chi connectivity index (χ0) is 9.97. The van der Waals surface area contributed by atoms with Crippen LogP contribution in [0.3, 0.4) is 0 Å². The molecule has 4 nitrogen and oxygen atoms in total. The first kappa shape index (κ1) is 12.4. The van der Waals surface area contributed by atoms with Gasteiger partial charge in [0.2, 0.25) is 0 Å². The van der Waals surface area contributed by atoms with Gasteiger partial charge in [0.1, 0.15) is 13.2 Å². The van der Waals surface area contributed by atoms with Crippen molar-refractivity contribution in [2.75, 3.05) is 13.2 Å². The Morgan fingerprint density at radius 1 is 1.27 bits per heavy atom. The molecular weight excluding hydrogens is 207 g/mol. The van der Waals surface area contributed by atoms with E-state index in [0.29, 0.717) is 30.3 Å². The molecule has 5 heteroatoms. The van der Waals surface area contributed by atoms with E-state index in [1.54, 1.807) is 18.2 Å². The van der Waals surface area contributed by atoms with E-state index in [-0.39, 0.29) is 36.0 Å². The van der Waals surface area contributed by atoms with Crippen LogP contribution in [0, 0.1) is 0 Å². The van der Waals surface area contributed by atoms with Crippen molar-refractivity contribution < 1.29 is 48.9 Å². The molecule has 0 fully saturated rings. The van der Waals surface area contributed by atoms with Gasteiger partial charge < -0.3 is 19.4 Å². The summed E-state index contributed by atoms with van der Waals surface area (Å²) >= 11 is 0. The average molecular weight is 216 g/mol. The van der Waals surface area contributed by atoms with Gasteiger partial charge in [0.15, 0.2) is 11.5 Å². The summed E-state index contributed by atoms with van der Waals surface area (Å²) in [6.45, 7) is 1.04. The summed E-state index contributed by atoms with van der Waals surface area (Å²) in [5.74, 6) is 0.176. The summed E-state index contributed by atoms with van der Waals surface area (Å²) in [6.07, 6.45) is -0.101. The molecule has 74 valence electrons. The molecule has 1 heterocycles. The van der Waals surface area contributed by atoms with Crippen LogP contribution < -0.4 is 44.1 Å². The van der Waals surface area contributed by atoms with Crippen LogP contribution in [0.1, 0.15) is 5.56 Å². The van der Waals surface area contributed by atoms with Crippen LogP contribution in [0.15, 0.2) is 18.2 Å². The third kappa shape index (κ3) is 3.12. The maximum absolute atomic E-state index is 10.4. The second-order valence-corrected chi connectivity index (χ2v) is 3.03. The van der Waals surface area contributed by atoms with Crippen LogP contribution in [0.25, 0.3) is 0 Å². The predicted molar refractivity (Wildman–Crippen MR) is 46.1 cm³/mol. The number of benzene rings is 1. The second kappa shape index (κ2) is 5.39. The van der Waals surface area contributed by atoms with Crippen molar-refractivity contribution in [2.24, 2.45) is 0 Å². The Morgan fingerprint density at radius 2 is 1.93 bits per heavy atom. The van der Waals surface area contributed by atoms with Gasteiger partial charge in [-0.2, -0.15) is 0 Å². The van der Waals surface area contributed by atoms with Crippen molar-refractivity contribution in [1.82, 2.24) is 0 Å². The summed E-state index contributed by atoms with van der Waals surface area (Å²) in [7, 11) is 0. The Hall–Kier alpha value is -0.710. The summed E-state index contributed by atoms with van der Waals surface area (Å²) in [6, 6.07) is 5.08. The van der Waals surface area contributed by atoms with E-state index in [2.05, 4.69) is 0 Å². The quantitative estimate of drug-likeness (QED) is 0.487. The monoisotopic (exact) mass is 216 g/mol. The van der Waals surface area contributed by atoms with Gasteiger partial charge in [-0.3, -0.25) is 0 Å². The summed E-state index contributed by atoms with van der Waals surface area (Å²) in [5, 5.41) is 10.4. The van der Waals surface area contributed by atoms with Crippen LogP contribution in [0.5, 0.6) is 11.5 Å². The van der Waals surface area contributed by atoms with Gasteiger partial charge in [-0.05, 0) is 17.7 Å². The third-order valence-corrected chi connectivity index (χ3v) is 1.96. The second-order valence-electron chi connectivity index (χ2n) is 3.03. The molecule has 0 N–H and O–H groups in total. The van der Waals surface area contributed by atoms with Crippen molar-refractivity contribution in [2.45, 2.75) is 6.42 Å². The van der Waals surface area contributed by atoms with Crippen molar-refractivity contribution in [3.8, 4) is 11.5 Å². The Balaban J connectivity index is 0.00000112. The molecule has 1 aromatic carbocycles. The van der Waals surface area contributed by atoms with Crippen LogP contribution in [0.2, 0.25) is 0 Å². The fraction of sp³-hybridized carbons (Fsp3) is 0.300. The first-order valence-corrected chi connectivity index (χ1v) is 4.34. The standard InChI is InChI=1S/C10H10O4.Na/c11-10(12)6-7-1-2-8-9(5-7)14-4-3-13-8;/h1-2,5H,3-4,6H2,(H,11,12);/q;+1/p-1. The van der Waals surface area contributed by atoms with Crippen LogP contribution >= 0.6 is 0 Å². The van der Waals surface area contributed by atoms with E-state index in [9.17, 15) is 9.90 Å². The number of carboxylic acid groups (broad SMARTS) is 1. The SMILES string of the molecule is O=C([O-])Cc1ccc2c(c1)OCCO2.[Na+]. The minimum absolute atomic E-state index is 0. The van der Waals surface area contributed by atoms with Crippen LogP contribution in [-0.4, -0.2) is 19.2 Å². The number of fused-ring (bicyclic) bond motifs is 1. The topological polar surface area (TPSA) is 58.6 Å². The Bertz CT molecular complexity index is 364. The van der Waals surface area contributed by atoms with E-state index in [4.69, 9.17) is 9.47 Å². The molecule has 0 aliphatic carbocycles. The molecular formula is C10H9NaO4. The van der Waals surface area contributed by atoms with Gasteiger partial charge in [0.05, 0.1) is 0 Å². The Kier molecular flexibility index (Phi) is 4.45. The number of hydrogen-bond donors (Lipinski definition) is 0. The number of ether oxygens (including phenoxy) is 2. The summed E-state index contributed by atoms with van der Waals surface area (Å²) < 4.78 is 10.6. The van der Waals surface area contributed by atoms with Crippen molar-refractivity contribution in [3.05, 3.63) is 23.8 Å². The molecule has 0 amide bonds. The smallest absolute Gasteiger partial charge is 0.550 e. The Labute approximate surface area is 109 Å². The number of aliphatic carboxylic acids is 1. The molecule has 0 bridgehead atoms. The van der Waals surface area contributed by atoms with E-state index in [0.717, 1.165) is 0 Å². The van der Waals surface area contributed by atoms with Crippen molar-refractivity contribution >= 4 is 5.97 Å². The minimum atomic E-state index is -1.10. The molecule has 0 saturated heterocycles. The van der Waals surface area contributed by atoms with E-state index >= 15 is 0 Å². The maximum Gasteiger partial charge on any atom is 1.00 e. The van der Waals surface area contributed by atoms with Gasteiger partial charge in [0.25, 0.3) is 0 Å². The molecule has 1 aromatic rings. The molecule has 0 saturated carbocycles. The summed E-state index contributed by atoms with van der Waals surface area (Å²) in [5.41, 5.74) is 0.661. The van der Waals surface area contributed by atoms with Gasteiger partial charge in [-0.25, -0.2) is 0 Å². The molecule has 0 aromatic heterocycles. The van der Waals surface area contributed by atoms with E-state index < -0.39 is 5.97 Å². The maximum atomic E-state index is 10.4. The van der Waals surface area contributed by atoms with Crippen molar-refractivity contribution in [1.29, 1.82) is 0 Å². The first-order valence-electron chi connectivity index (χ1n) is 4.34. The third-order valence-electron chi connectivity index (χ3n) is 1.96. The number of rotatable bonds is 2. The molecule has 0 spiro atoms. The summed E-state index contributed by atoms with van der Waals surface area (Å²) in [4.78, 5) is 10.4. The normalized spacial score (nSPS) is 12.8. The zero-order valence-corrected chi connectivity index (χ0v) is 10.5. The fourth-order valence-electron chi connectivity index (χ4n) is 1.36. The molecule has 0 unspecified atom stereocenters. The molecule has 2 rings (SSSR count). The number of carbonyl (C=O) groups excluding carboxylic acids is 1. The number of hydrogen-bond acceptors (Lipinski definition) is 4. The largest absolute Gasteiger partial charge is 1.00 e. The average Bonchev–Trinajstić information content (AvgIpc) is 2.17. The van der Waals surface area contributed by atoms with Crippen molar-refractivity contribution in [3.63, 3.8) is 0 Å². The molecule has 1 aliphatic rings.